The Morgan fingerprint density at radius 1 is 0.815 bits per heavy atom. The van der Waals surface area contributed by atoms with Crippen molar-refractivity contribution in [2.75, 3.05) is 6.61 Å². The monoisotopic (exact) mass is 361 g/mol. The van der Waals surface area contributed by atoms with Crippen LogP contribution in [0, 0.1) is 0 Å². The third-order valence-corrected chi connectivity index (χ3v) is 4.52. The number of nitrogens with zero attached hydrogens (tertiary/aromatic N) is 3. The Morgan fingerprint density at radius 2 is 1.63 bits per heavy atom. The van der Waals surface area contributed by atoms with Crippen LogP contribution in [0.15, 0.2) is 71.0 Å². The molecule has 0 saturated heterocycles. The molecule has 1 heterocycles. The van der Waals surface area contributed by atoms with Gasteiger partial charge in [-0.05, 0) is 30.0 Å². The minimum absolute atomic E-state index is 0.590. The van der Waals surface area contributed by atoms with Crippen molar-refractivity contribution in [3.05, 3.63) is 60.8 Å². The molecule has 4 heteroatoms. The molecule has 0 bridgehead atoms. The molecule has 0 amide bonds. The molecule has 0 spiro atoms. The molecule has 0 radical (unpaired) electrons. The first-order chi connectivity index (χ1) is 13.4. The highest BCUT2D eigenvalue weighted by Crippen LogP contribution is 2.37. The lowest BCUT2D eigenvalue weighted by molar-refractivity contribution is 0.305. The molecule has 0 atom stereocenters. The predicted octanol–water partition coefficient (Wildman–Crippen LogP) is 7.39. The minimum Gasteiger partial charge on any atom is -0.491 e. The summed E-state index contributed by atoms with van der Waals surface area (Å²) >= 11 is 0. The zero-order valence-corrected chi connectivity index (χ0v) is 16.0. The van der Waals surface area contributed by atoms with Gasteiger partial charge < -0.3 is 4.74 Å². The summed E-state index contributed by atoms with van der Waals surface area (Å²) < 4.78 is 6.07. The molecule has 1 aromatic heterocycles. The molecule has 27 heavy (non-hydrogen) atoms. The quantitative estimate of drug-likeness (QED) is 0.279. The van der Waals surface area contributed by atoms with Crippen LogP contribution in [0.4, 0.5) is 11.5 Å². The van der Waals surface area contributed by atoms with Crippen molar-refractivity contribution in [2.24, 2.45) is 10.2 Å². The Hall–Kier alpha value is -2.75. The lowest BCUT2D eigenvalue weighted by atomic mass is 10.1. The summed E-state index contributed by atoms with van der Waals surface area (Å²) in [7, 11) is 0. The normalized spacial score (nSPS) is 11.3. The van der Waals surface area contributed by atoms with Gasteiger partial charge in [0.2, 0.25) is 0 Å². The maximum atomic E-state index is 6.07. The van der Waals surface area contributed by atoms with Gasteiger partial charge in [0.15, 0.2) is 5.82 Å². The first-order valence-electron chi connectivity index (χ1n) is 9.86. The smallest absolute Gasteiger partial charge is 0.174 e. The molecule has 0 saturated carbocycles. The maximum absolute atomic E-state index is 6.07. The van der Waals surface area contributed by atoms with Crippen molar-refractivity contribution in [2.45, 2.75) is 45.4 Å². The highest BCUT2D eigenvalue weighted by atomic mass is 16.5. The highest BCUT2D eigenvalue weighted by molar-refractivity contribution is 5.95. The summed E-state index contributed by atoms with van der Waals surface area (Å²) in [5.74, 6) is 1.37. The van der Waals surface area contributed by atoms with Gasteiger partial charge in [-0.3, -0.25) is 0 Å². The summed E-state index contributed by atoms with van der Waals surface area (Å²) in [5.41, 5.74) is 0.768. The van der Waals surface area contributed by atoms with Gasteiger partial charge in [-0.25, -0.2) is 4.98 Å². The molecule has 0 aliphatic rings. The van der Waals surface area contributed by atoms with E-state index >= 15 is 0 Å². The van der Waals surface area contributed by atoms with Crippen LogP contribution in [0.1, 0.15) is 45.4 Å². The topological polar surface area (TPSA) is 46.8 Å². The first kappa shape index (κ1) is 19.0. The second kappa shape index (κ2) is 10.4. The van der Waals surface area contributed by atoms with Crippen LogP contribution in [0.5, 0.6) is 5.75 Å². The zero-order valence-electron chi connectivity index (χ0n) is 16.0. The third kappa shape index (κ3) is 5.61. The molecule has 3 rings (SSSR count). The summed E-state index contributed by atoms with van der Waals surface area (Å²) in [5, 5.41) is 10.9. The van der Waals surface area contributed by atoms with Gasteiger partial charge in [0.25, 0.3) is 0 Å². The maximum Gasteiger partial charge on any atom is 0.174 e. The number of hydrogen-bond donors (Lipinski definition) is 0. The van der Waals surface area contributed by atoms with Crippen molar-refractivity contribution in [3.8, 4) is 5.75 Å². The number of azo groups is 1. The molecule has 2 aromatic carbocycles. The van der Waals surface area contributed by atoms with Gasteiger partial charge in [-0.15, -0.1) is 10.2 Å². The Morgan fingerprint density at radius 3 is 2.48 bits per heavy atom. The third-order valence-electron chi connectivity index (χ3n) is 4.52. The SMILES string of the molecule is CCCCCCCCOc1ccc2ccccc2c1N=Nc1ccccn1. The van der Waals surface area contributed by atoms with Crippen molar-refractivity contribution >= 4 is 22.3 Å². The van der Waals surface area contributed by atoms with Crippen LogP contribution in [-0.2, 0) is 0 Å². The molecule has 0 N–H and O–H groups in total. The van der Waals surface area contributed by atoms with E-state index in [-0.39, 0.29) is 0 Å². The van der Waals surface area contributed by atoms with Gasteiger partial charge >= 0.3 is 0 Å². The first-order valence-corrected chi connectivity index (χ1v) is 9.86. The fourth-order valence-corrected chi connectivity index (χ4v) is 3.03. The van der Waals surface area contributed by atoms with Crippen molar-refractivity contribution in [1.29, 1.82) is 0 Å². The van der Waals surface area contributed by atoms with E-state index in [1.807, 2.05) is 36.4 Å². The number of fused-ring (bicyclic) bond motifs is 1. The fraction of sp³-hybridized carbons (Fsp3) is 0.348. The molecule has 0 aliphatic carbocycles. The molecule has 0 aliphatic heterocycles. The lowest BCUT2D eigenvalue weighted by Gasteiger charge is -2.11. The van der Waals surface area contributed by atoms with E-state index in [2.05, 4.69) is 40.3 Å². The van der Waals surface area contributed by atoms with Crippen molar-refractivity contribution < 1.29 is 4.74 Å². The standard InChI is InChI=1S/C23H27N3O/c1-2-3-4-5-6-11-18-27-21-16-15-19-12-7-8-13-20(19)23(21)26-25-22-14-9-10-17-24-22/h7-10,12-17H,2-6,11,18H2,1H3. The van der Waals surface area contributed by atoms with E-state index < -0.39 is 0 Å². The van der Waals surface area contributed by atoms with Crippen LogP contribution in [0.2, 0.25) is 0 Å². The number of hydrogen-bond acceptors (Lipinski definition) is 4. The van der Waals surface area contributed by atoms with Gasteiger partial charge in [0.1, 0.15) is 11.4 Å². The van der Waals surface area contributed by atoms with Crippen molar-refractivity contribution in [3.63, 3.8) is 0 Å². The van der Waals surface area contributed by atoms with Gasteiger partial charge in [-0.2, -0.15) is 0 Å². The zero-order chi connectivity index (χ0) is 18.7. The van der Waals surface area contributed by atoms with E-state index in [9.17, 15) is 0 Å². The van der Waals surface area contributed by atoms with Crippen LogP contribution in [-0.4, -0.2) is 11.6 Å². The second-order valence-electron chi connectivity index (χ2n) is 6.64. The second-order valence-corrected chi connectivity index (χ2v) is 6.64. The summed E-state index contributed by atoms with van der Waals surface area (Å²) in [6, 6.07) is 17.8. The molecular formula is C23H27N3O. The van der Waals surface area contributed by atoms with Crippen LogP contribution in [0.25, 0.3) is 10.8 Å². The number of aromatic nitrogens is 1. The Kier molecular flexibility index (Phi) is 7.34. The molecule has 4 nitrogen and oxygen atoms in total. The highest BCUT2D eigenvalue weighted by Gasteiger charge is 2.09. The van der Waals surface area contributed by atoms with Crippen molar-refractivity contribution in [1.82, 2.24) is 4.98 Å². The average molecular weight is 361 g/mol. The van der Waals surface area contributed by atoms with Gasteiger partial charge in [0.05, 0.1) is 6.61 Å². The Bertz CT molecular complexity index is 862. The lowest BCUT2D eigenvalue weighted by Crippen LogP contribution is -1.97. The van der Waals surface area contributed by atoms with Gasteiger partial charge in [-0.1, -0.05) is 75.4 Å². The van der Waals surface area contributed by atoms with E-state index in [4.69, 9.17) is 4.74 Å². The summed E-state index contributed by atoms with van der Waals surface area (Å²) in [6.07, 6.45) is 9.18. The largest absolute Gasteiger partial charge is 0.491 e. The molecule has 3 aromatic rings. The number of ether oxygens (including phenoxy) is 1. The Balaban J connectivity index is 1.73. The predicted molar refractivity (Wildman–Crippen MR) is 111 cm³/mol. The molecule has 0 unspecified atom stereocenters. The van der Waals surface area contributed by atoms with Crippen LogP contribution < -0.4 is 4.74 Å². The minimum atomic E-state index is 0.590. The number of rotatable bonds is 10. The van der Waals surface area contributed by atoms with E-state index in [0.717, 1.165) is 28.6 Å². The molecule has 0 fully saturated rings. The average Bonchev–Trinajstić information content (AvgIpc) is 2.72. The number of pyridine rings is 1. The van der Waals surface area contributed by atoms with Crippen LogP contribution in [0.3, 0.4) is 0 Å². The fourth-order valence-electron chi connectivity index (χ4n) is 3.03. The number of unbranched alkanes of at least 4 members (excludes halogenated alkanes) is 5. The van der Waals surface area contributed by atoms with Crippen LogP contribution >= 0.6 is 0 Å². The Labute approximate surface area is 161 Å². The van der Waals surface area contributed by atoms with E-state index in [1.54, 1.807) is 6.20 Å². The van der Waals surface area contributed by atoms with E-state index in [0.29, 0.717) is 12.4 Å². The molecular weight excluding hydrogens is 334 g/mol. The van der Waals surface area contributed by atoms with E-state index in [1.165, 1.54) is 32.1 Å². The molecule has 140 valence electrons. The summed E-state index contributed by atoms with van der Waals surface area (Å²) in [6.45, 7) is 2.94. The van der Waals surface area contributed by atoms with Gasteiger partial charge in [0, 0.05) is 11.6 Å². The number of benzene rings is 2. The summed E-state index contributed by atoms with van der Waals surface area (Å²) in [4.78, 5) is 4.21.